The van der Waals surface area contributed by atoms with Gasteiger partial charge in [-0.2, -0.15) is 0 Å². The Morgan fingerprint density at radius 1 is 0.581 bits per heavy atom. The third-order valence-electron chi connectivity index (χ3n) is 5.22. The van der Waals surface area contributed by atoms with Crippen LogP contribution in [0.3, 0.4) is 0 Å². The SMILES string of the molecule is O=C(C[P+](c1cccc(Cl)c1)(c1cccc(Cl)c1)c1cccc(Cl)c1)c1ccccc1. The van der Waals surface area contributed by atoms with E-state index in [1.54, 1.807) is 0 Å². The monoisotopic (exact) mass is 483 g/mol. The first kappa shape index (κ1) is 22.1. The molecule has 0 atom stereocenters. The van der Waals surface area contributed by atoms with Crippen LogP contribution in [0.2, 0.25) is 15.1 Å². The van der Waals surface area contributed by atoms with Crippen LogP contribution < -0.4 is 15.9 Å². The Bertz CT molecular complexity index is 1110. The highest BCUT2D eigenvalue weighted by molar-refractivity contribution is 7.96. The Morgan fingerprint density at radius 3 is 1.39 bits per heavy atom. The van der Waals surface area contributed by atoms with Gasteiger partial charge in [0.05, 0.1) is 0 Å². The lowest BCUT2D eigenvalue weighted by atomic mass is 10.2. The molecule has 154 valence electrons. The van der Waals surface area contributed by atoms with E-state index in [4.69, 9.17) is 34.8 Å². The van der Waals surface area contributed by atoms with Gasteiger partial charge in [-0.05, 0) is 54.6 Å². The molecule has 4 aromatic carbocycles. The molecule has 0 spiro atoms. The molecule has 0 heterocycles. The summed E-state index contributed by atoms with van der Waals surface area (Å²) in [6.45, 7) is 0. The van der Waals surface area contributed by atoms with Crippen molar-refractivity contribution in [3.8, 4) is 0 Å². The molecule has 0 N–H and O–H groups in total. The summed E-state index contributed by atoms with van der Waals surface area (Å²) in [5.41, 5.74) is 0.679. The van der Waals surface area contributed by atoms with Crippen LogP contribution in [0.25, 0.3) is 0 Å². The summed E-state index contributed by atoms with van der Waals surface area (Å²) < 4.78 is 0. The molecule has 4 rings (SSSR count). The van der Waals surface area contributed by atoms with Gasteiger partial charge in [-0.1, -0.05) is 83.3 Å². The van der Waals surface area contributed by atoms with Crippen LogP contribution in [0.4, 0.5) is 0 Å². The first-order valence-corrected chi connectivity index (χ1v) is 12.8. The lowest BCUT2D eigenvalue weighted by Gasteiger charge is -2.27. The van der Waals surface area contributed by atoms with E-state index >= 15 is 0 Å². The maximum Gasteiger partial charge on any atom is 0.201 e. The number of ketones is 1. The minimum absolute atomic E-state index is 0.0638. The number of halogens is 3. The first-order valence-electron chi connectivity index (χ1n) is 9.74. The van der Waals surface area contributed by atoms with Crippen LogP contribution in [0.1, 0.15) is 10.4 Å². The van der Waals surface area contributed by atoms with E-state index in [0.29, 0.717) is 26.8 Å². The zero-order chi connectivity index (χ0) is 21.8. The Morgan fingerprint density at radius 2 is 1.00 bits per heavy atom. The second-order valence-corrected chi connectivity index (χ2v) is 12.0. The number of benzene rings is 4. The largest absolute Gasteiger partial charge is 0.290 e. The van der Waals surface area contributed by atoms with Gasteiger partial charge in [0.25, 0.3) is 0 Å². The first-order chi connectivity index (χ1) is 15.0. The fourth-order valence-electron chi connectivity index (χ4n) is 3.79. The van der Waals surface area contributed by atoms with Crippen molar-refractivity contribution in [1.29, 1.82) is 0 Å². The standard InChI is InChI=1S/C26H19Cl3OP/c27-20-9-4-12-23(15-20)31(24-13-5-10-21(28)16-24,25-14-6-11-22(29)17-25)18-26(30)19-7-2-1-3-8-19/h1-17H,18H2/q+1. The van der Waals surface area contributed by atoms with E-state index in [0.717, 1.165) is 15.9 Å². The van der Waals surface area contributed by atoms with Crippen LogP contribution in [0.15, 0.2) is 103 Å². The number of hydrogen-bond acceptors (Lipinski definition) is 1. The van der Waals surface area contributed by atoms with Crippen LogP contribution in [-0.4, -0.2) is 11.9 Å². The second kappa shape index (κ2) is 9.55. The summed E-state index contributed by atoms with van der Waals surface area (Å²) in [4.78, 5) is 13.6. The van der Waals surface area contributed by atoms with Crippen molar-refractivity contribution in [3.63, 3.8) is 0 Å². The predicted molar refractivity (Wildman–Crippen MR) is 136 cm³/mol. The van der Waals surface area contributed by atoms with E-state index in [1.165, 1.54) is 0 Å². The molecule has 0 bridgehead atoms. The van der Waals surface area contributed by atoms with Gasteiger partial charge < -0.3 is 0 Å². The number of carbonyl (C=O) groups excluding carboxylic acids is 1. The van der Waals surface area contributed by atoms with Gasteiger partial charge in [0.2, 0.25) is 5.78 Å². The Labute approximate surface area is 197 Å². The van der Waals surface area contributed by atoms with Gasteiger partial charge in [-0.15, -0.1) is 0 Å². The molecule has 0 aliphatic heterocycles. The van der Waals surface area contributed by atoms with Crippen LogP contribution in [0.5, 0.6) is 0 Å². The van der Waals surface area contributed by atoms with Gasteiger partial charge in [0.1, 0.15) is 29.3 Å². The molecule has 0 radical (unpaired) electrons. The van der Waals surface area contributed by atoms with Gasteiger partial charge in [-0.25, -0.2) is 0 Å². The Hall–Kier alpha value is -2.15. The normalized spacial score (nSPS) is 11.3. The molecule has 0 aliphatic carbocycles. The molecule has 0 saturated heterocycles. The molecule has 0 aliphatic rings. The van der Waals surface area contributed by atoms with Crippen molar-refractivity contribution >= 4 is 63.8 Å². The van der Waals surface area contributed by atoms with Crippen molar-refractivity contribution in [2.75, 3.05) is 6.16 Å². The zero-order valence-corrected chi connectivity index (χ0v) is 19.7. The van der Waals surface area contributed by atoms with Crippen LogP contribution in [-0.2, 0) is 0 Å². The summed E-state index contributed by atoms with van der Waals surface area (Å²) in [5, 5.41) is 4.89. The third kappa shape index (κ3) is 4.71. The number of Topliss-reactive ketones (excluding diaryl/α,β-unsaturated/α-hetero) is 1. The van der Waals surface area contributed by atoms with Gasteiger partial charge >= 0.3 is 0 Å². The van der Waals surface area contributed by atoms with Crippen molar-refractivity contribution in [2.24, 2.45) is 0 Å². The van der Waals surface area contributed by atoms with Gasteiger partial charge in [0, 0.05) is 20.6 Å². The van der Waals surface area contributed by atoms with Crippen molar-refractivity contribution < 1.29 is 4.79 Å². The average Bonchev–Trinajstić information content (AvgIpc) is 2.78. The van der Waals surface area contributed by atoms with Crippen molar-refractivity contribution in [3.05, 3.63) is 124 Å². The topological polar surface area (TPSA) is 17.1 Å². The summed E-state index contributed by atoms with van der Waals surface area (Å²) in [6, 6.07) is 32.7. The molecular formula is C26H19Cl3OP+. The fourth-order valence-corrected chi connectivity index (χ4v) is 8.75. The Balaban J connectivity index is 2.02. The predicted octanol–water partition coefficient (Wildman–Crippen LogP) is 6.82. The van der Waals surface area contributed by atoms with Crippen LogP contribution in [0, 0.1) is 0 Å². The van der Waals surface area contributed by atoms with E-state index in [-0.39, 0.29) is 5.78 Å². The number of hydrogen-bond donors (Lipinski definition) is 0. The molecule has 0 saturated carbocycles. The van der Waals surface area contributed by atoms with E-state index in [1.807, 2.05) is 103 Å². The van der Waals surface area contributed by atoms with Gasteiger partial charge in [-0.3, -0.25) is 4.79 Å². The molecule has 0 fully saturated rings. The average molecular weight is 485 g/mol. The molecular weight excluding hydrogens is 466 g/mol. The maximum atomic E-state index is 13.6. The molecule has 4 aromatic rings. The number of rotatable bonds is 6. The zero-order valence-electron chi connectivity index (χ0n) is 16.5. The molecule has 1 nitrogen and oxygen atoms in total. The Kier molecular flexibility index (Phi) is 6.80. The van der Waals surface area contributed by atoms with Crippen molar-refractivity contribution in [1.82, 2.24) is 0 Å². The third-order valence-corrected chi connectivity index (χ3v) is 10.2. The minimum Gasteiger partial charge on any atom is -0.290 e. The molecule has 0 amide bonds. The summed E-state index contributed by atoms with van der Waals surface area (Å²) in [7, 11) is -2.46. The number of carbonyl (C=O) groups is 1. The lowest BCUT2D eigenvalue weighted by Crippen LogP contribution is -2.36. The van der Waals surface area contributed by atoms with E-state index in [2.05, 4.69) is 0 Å². The van der Waals surface area contributed by atoms with Crippen LogP contribution >= 0.6 is 42.1 Å². The fraction of sp³-hybridized carbons (Fsp3) is 0.0385. The summed E-state index contributed by atoms with van der Waals surface area (Å²) >= 11 is 19.3. The highest BCUT2D eigenvalue weighted by Crippen LogP contribution is 2.56. The quantitative estimate of drug-likeness (QED) is 0.217. The smallest absolute Gasteiger partial charge is 0.201 e. The maximum absolute atomic E-state index is 13.6. The highest BCUT2D eigenvalue weighted by Gasteiger charge is 2.48. The molecule has 31 heavy (non-hydrogen) atoms. The van der Waals surface area contributed by atoms with Gasteiger partial charge in [0.15, 0.2) is 0 Å². The van der Waals surface area contributed by atoms with E-state index in [9.17, 15) is 4.79 Å². The highest BCUT2D eigenvalue weighted by atomic mass is 35.5. The van der Waals surface area contributed by atoms with E-state index < -0.39 is 7.26 Å². The summed E-state index contributed by atoms with van der Waals surface area (Å²) in [5.74, 6) is 0.0638. The van der Waals surface area contributed by atoms with Crippen molar-refractivity contribution in [2.45, 2.75) is 0 Å². The molecule has 5 heteroatoms. The summed E-state index contributed by atoms with van der Waals surface area (Å²) in [6.07, 6.45) is 0.304. The lowest BCUT2D eigenvalue weighted by molar-refractivity contribution is 0.102. The molecule has 0 unspecified atom stereocenters. The minimum atomic E-state index is -2.46. The molecule has 0 aromatic heterocycles. The second-order valence-electron chi connectivity index (χ2n) is 7.20.